The molecule has 1 unspecified atom stereocenters. The van der Waals surface area contributed by atoms with Crippen LogP contribution in [0.2, 0.25) is 0 Å². The first-order valence-corrected chi connectivity index (χ1v) is 7.45. The van der Waals surface area contributed by atoms with Gasteiger partial charge in [0.1, 0.15) is 6.10 Å². The molecule has 110 valence electrons. The second-order valence-electron chi connectivity index (χ2n) is 5.86. The highest BCUT2D eigenvalue weighted by Gasteiger charge is 2.33. The largest absolute Gasteiger partial charge is 0.388 e. The van der Waals surface area contributed by atoms with Crippen LogP contribution in [-0.2, 0) is 9.53 Å². The molecule has 5 heteroatoms. The second kappa shape index (κ2) is 6.68. The van der Waals surface area contributed by atoms with Crippen LogP contribution in [0.1, 0.15) is 39.0 Å². The highest BCUT2D eigenvalue weighted by atomic mass is 16.5. The number of nitrogens with one attached hydrogen (secondary N) is 2. The summed E-state index contributed by atoms with van der Waals surface area (Å²) in [5.74, 6) is 0.625. The highest BCUT2D eigenvalue weighted by molar-refractivity contribution is 5.81. The van der Waals surface area contributed by atoms with Crippen molar-refractivity contribution in [1.82, 2.24) is 10.6 Å². The van der Waals surface area contributed by atoms with Gasteiger partial charge in [0.05, 0.1) is 12.2 Å². The molecule has 2 aliphatic rings. The summed E-state index contributed by atoms with van der Waals surface area (Å²) >= 11 is 0. The predicted octanol–water partition coefficient (Wildman–Crippen LogP) is 0.422. The Morgan fingerprint density at radius 3 is 2.79 bits per heavy atom. The molecular formula is C14H26N2O3. The van der Waals surface area contributed by atoms with Crippen molar-refractivity contribution in [1.29, 1.82) is 0 Å². The van der Waals surface area contributed by atoms with Crippen LogP contribution < -0.4 is 10.6 Å². The minimum Gasteiger partial charge on any atom is -0.388 e. The number of amides is 1. The summed E-state index contributed by atoms with van der Waals surface area (Å²) in [7, 11) is 0. The topological polar surface area (TPSA) is 70.6 Å². The summed E-state index contributed by atoms with van der Waals surface area (Å²) in [5, 5.41) is 16.4. The van der Waals surface area contributed by atoms with Crippen LogP contribution in [0.5, 0.6) is 0 Å². The first-order valence-electron chi connectivity index (χ1n) is 7.45. The SMILES string of the molecule is CCC1CCC(O)(CNC(=O)C2CNCCO2)CC1. The van der Waals surface area contributed by atoms with Crippen molar-refractivity contribution >= 4 is 5.91 Å². The summed E-state index contributed by atoms with van der Waals surface area (Å²) in [6, 6.07) is 0. The standard InChI is InChI=1S/C14H26N2O3/c1-2-11-3-5-14(18,6-4-11)10-16-13(17)12-9-15-7-8-19-12/h11-12,15,18H,2-10H2,1H3,(H,16,17). The van der Waals surface area contributed by atoms with Gasteiger partial charge in [0.25, 0.3) is 5.91 Å². The highest BCUT2D eigenvalue weighted by Crippen LogP contribution is 2.33. The molecule has 1 saturated heterocycles. The Bertz CT molecular complexity index is 295. The van der Waals surface area contributed by atoms with Gasteiger partial charge in [-0.2, -0.15) is 0 Å². The van der Waals surface area contributed by atoms with Gasteiger partial charge in [-0.05, 0) is 31.6 Å². The molecule has 5 nitrogen and oxygen atoms in total. The molecule has 1 amide bonds. The third-order valence-electron chi connectivity index (χ3n) is 4.42. The van der Waals surface area contributed by atoms with E-state index in [-0.39, 0.29) is 5.91 Å². The molecule has 1 saturated carbocycles. The summed E-state index contributed by atoms with van der Waals surface area (Å²) in [6.45, 7) is 4.47. The number of carbonyl (C=O) groups excluding carboxylic acids is 1. The molecule has 0 radical (unpaired) electrons. The quantitative estimate of drug-likeness (QED) is 0.692. The smallest absolute Gasteiger partial charge is 0.250 e. The summed E-state index contributed by atoms with van der Waals surface area (Å²) in [4.78, 5) is 11.9. The van der Waals surface area contributed by atoms with E-state index in [1.54, 1.807) is 0 Å². The number of rotatable bonds is 4. The molecule has 1 atom stereocenters. The summed E-state index contributed by atoms with van der Waals surface area (Å²) in [5.41, 5.74) is -0.719. The Morgan fingerprint density at radius 2 is 2.21 bits per heavy atom. The van der Waals surface area contributed by atoms with Crippen molar-refractivity contribution < 1.29 is 14.6 Å². The van der Waals surface area contributed by atoms with Gasteiger partial charge in [-0.3, -0.25) is 4.79 Å². The number of hydrogen-bond acceptors (Lipinski definition) is 4. The summed E-state index contributed by atoms with van der Waals surface area (Å²) in [6.07, 6.45) is 4.47. The van der Waals surface area contributed by atoms with Crippen LogP contribution in [0.15, 0.2) is 0 Å². The molecule has 0 spiro atoms. The Kier molecular flexibility index (Phi) is 5.19. The second-order valence-corrected chi connectivity index (χ2v) is 5.86. The van der Waals surface area contributed by atoms with E-state index in [0.29, 0.717) is 19.7 Å². The molecule has 2 fully saturated rings. The lowest BCUT2D eigenvalue weighted by molar-refractivity contribution is -0.135. The molecule has 0 aromatic carbocycles. The lowest BCUT2D eigenvalue weighted by Gasteiger charge is -2.36. The Hall–Kier alpha value is -0.650. The number of carbonyl (C=O) groups is 1. The molecule has 0 bridgehead atoms. The van der Waals surface area contributed by atoms with E-state index in [9.17, 15) is 9.90 Å². The van der Waals surface area contributed by atoms with Crippen LogP contribution in [0, 0.1) is 5.92 Å². The van der Waals surface area contributed by atoms with Crippen molar-refractivity contribution in [2.45, 2.75) is 50.7 Å². The first-order chi connectivity index (χ1) is 9.13. The molecule has 1 aliphatic carbocycles. The third-order valence-corrected chi connectivity index (χ3v) is 4.42. The van der Waals surface area contributed by atoms with Crippen molar-refractivity contribution in [2.75, 3.05) is 26.2 Å². The fourth-order valence-electron chi connectivity index (χ4n) is 2.90. The molecule has 19 heavy (non-hydrogen) atoms. The maximum absolute atomic E-state index is 11.9. The van der Waals surface area contributed by atoms with Gasteiger partial charge in [0.15, 0.2) is 0 Å². The zero-order chi connectivity index (χ0) is 13.7. The molecule has 0 aromatic rings. The van der Waals surface area contributed by atoms with Crippen molar-refractivity contribution in [3.05, 3.63) is 0 Å². The fraction of sp³-hybridized carbons (Fsp3) is 0.929. The maximum Gasteiger partial charge on any atom is 0.250 e. The normalized spacial score (nSPS) is 35.9. The lowest BCUT2D eigenvalue weighted by atomic mass is 9.78. The van der Waals surface area contributed by atoms with E-state index in [1.165, 1.54) is 6.42 Å². The van der Waals surface area contributed by atoms with E-state index < -0.39 is 11.7 Å². The zero-order valence-electron chi connectivity index (χ0n) is 11.8. The Morgan fingerprint density at radius 1 is 1.47 bits per heavy atom. The van der Waals surface area contributed by atoms with Crippen LogP contribution in [0.4, 0.5) is 0 Å². The van der Waals surface area contributed by atoms with Crippen LogP contribution in [-0.4, -0.2) is 49.0 Å². The van der Waals surface area contributed by atoms with Crippen LogP contribution >= 0.6 is 0 Å². The van der Waals surface area contributed by atoms with Gasteiger partial charge >= 0.3 is 0 Å². The predicted molar refractivity (Wildman–Crippen MR) is 72.8 cm³/mol. The van der Waals surface area contributed by atoms with Gasteiger partial charge in [-0.1, -0.05) is 13.3 Å². The van der Waals surface area contributed by atoms with E-state index in [2.05, 4.69) is 17.6 Å². The van der Waals surface area contributed by atoms with Crippen LogP contribution in [0.25, 0.3) is 0 Å². The molecule has 1 aliphatic heterocycles. The number of ether oxygens (including phenoxy) is 1. The van der Waals surface area contributed by atoms with Gasteiger partial charge < -0.3 is 20.5 Å². The minimum atomic E-state index is -0.719. The average molecular weight is 270 g/mol. The average Bonchev–Trinajstić information content (AvgIpc) is 2.47. The van der Waals surface area contributed by atoms with Crippen molar-refractivity contribution in [3.8, 4) is 0 Å². The molecular weight excluding hydrogens is 244 g/mol. The maximum atomic E-state index is 11.9. The van der Waals surface area contributed by atoms with Gasteiger partial charge in [-0.25, -0.2) is 0 Å². The third kappa shape index (κ3) is 4.16. The molecule has 2 rings (SSSR count). The Balaban J connectivity index is 1.73. The monoisotopic (exact) mass is 270 g/mol. The zero-order valence-corrected chi connectivity index (χ0v) is 11.8. The fourth-order valence-corrected chi connectivity index (χ4v) is 2.90. The Labute approximate surface area is 115 Å². The molecule has 1 heterocycles. The van der Waals surface area contributed by atoms with Crippen molar-refractivity contribution in [2.24, 2.45) is 5.92 Å². The van der Waals surface area contributed by atoms with Gasteiger partial charge in [0, 0.05) is 19.6 Å². The van der Waals surface area contributed by atoms with Gasteiger partial charge in [-0.15, -0.1) is 0 Å². The van der Waals surface area contributed by atoms with E-state index in [1.807, 2.05) is 0 Å². The molecule has 0 aromatic heterocycles. The van der Waals surface area contributed by atoms with E-state index in [4.69, 9.17) is 4.74 Å². The minimum absolute atomic E-state index is 0.113. The van der Waals surface area contributed by atoms with E-state index >= 15 is 0 Å². The number of morpholine rings is 1. The van der Waals surface area contributed by atoms with Gasteiger partial charge in [0.2, 0.25) is 0 Å². The summed E-state index contributed by atoms with van der Waals surface area (Å²) < 4.78 is 5.39. The van der Waals surface area contributed by atoms with Crippen LogP contribution in [0.3, 0.4) is 0 Å². The van der Waals surface area contributed by atoms with E-state index in [0.717, 1.165) is 38.1 Å². The number of hydrogen-bond donors (Lipinski definition) is 3. The molecule has 3 N–H and O–H groups in total. The first kappa shape index (κ1) is 14.8. The number of aliphatic hydroxyl groups is 1. The van der Waals surface area contributed by atoms with Crippen molar-refractivity contribution in [3.63, 3.8) is 0 Å². The lowest BCUT2D eigenvalue weighted by Crippen LogP contribution is -2.52.